The maximum absolute atomic E-state index is 14.6. The highest BCUT2D eigenvalue weighted by Crippen LogP contribution is 2.33. The van der Waals surface area contributed by atoms with Gasteiger partial charge in [-0.25, -0.2) is 28.6 Å². The van der Waals surface area contributed by atoms with Crippen molar-refractivity contribution in [1.82, 2.24) is 20.1 Å². The molecule has 31 heavy (non-hydrogen) atoms. The fourth-order valence-electron chi connectivity index (χ4n) is 3.23. The number of benzene rings is 1. The predicted molar refractivity (Wildman–Crippen MR) is 107 cm³/mol. The summed E-state index contributed by atoms with van der Waals surface area (Å²) in [5.74, 6) is -3.37. The second-order valence-corrected chi connectivity index (χ2v) is 6.80. The van der Waals surface area contributed by atoms with E-state index < -0.39 is 23.5 Å². The summed E-state index contributed by atoms with van der Waals surface area (Å²) in [7, 11) is 1.20. The first-order chi connectivity index (χ1) is 14.8. The average molecular weight is 433 g/mol. The number of hydroxylamine groups is 1. The number of hydrogen-bond acceptors (Lipinski definition) is 7. The molecule has 0 aliphatic heterocycles. The highest BCUT2D eigenvalue weighted by Gasteiger charge is 2.25. The molecule has 0 spiro atoms. The lowest BCUT2D eigenvalue weighted by molar-refractivity contribution is 0.0522. The molecule has 0 radical (unpaired) electrons. The highest BCUT2D eigenvalue weighted by atomic mass is 19.1. The Kier molecular flexibility index (Phi) is 6.44. The van der Waals surface area contributed by atoms with Crippen molar-refractivity contribution >= 4 is 28.9 Å². The van der Waals surface area contributed by atoms with Crippen molar-refractivity contribution in [3.05, 3.63) is 53.0 Å². The number of esters is 1. The predicted octanol–water partition coefficient (Wildman–Crippen LogP) is 3.34. The van der Waals surface area contributed by atoms with E-state index >= 15 is 0 Å². The fraction of sp³-hybridized carbons (Fsp3) is 0.300. The first kappa shape index (κ1) is 22.1. The van der Waals surface area contributed by atoms with Gasteiger partial charge in [0, 0.05) is 17.8 Å². The van der Waals surface area contributed by atoms with Crippen molar-refractivity contribution < 1.29 is 27.9 Å². The molecule has 2 heterocycles. The third-order valence-corrected chi connectivity index (χ3v) is 4.42. The summed E-state index contributed by atoms with van der Waals surface area (Å²) in [5, 5.41) is 6.87. The summed E-state index contributed by atoms with van der Waals surface area (Å²) < 4.78 is 34.9. The van der Waals surface area contributed by atoms with E-state index in [1.165, 1.54) is 24.1 Å². The van der Waals surface area contributed by atoms with Gasteiger partial charge >= 0.3 is 5.97 Å². The molecular formula is C20H21F2N5O4. The van der Waals surface area contributed by atoms with Crippen LogP contribution < -0.4 is 10.8 Å². The molecule has 11 heteroatoms. The Bertz CT molecular complexity index is 1150. The lowest BCUT2D eigenvalue weighted by atomic mass is 10.00. The quantitative estimate of drug-likeness (QED) is 0.435. The minimum Gasteiger partial charge on any atom is -0.462 e. The number of carbonyl (C=O) groups excluding carboxylic acids is 2. The number of aromatic nitrogens is 3. The molecule has 3 rings (SSSR count). The Labute approximate surface area is 176 Å². The van der Waals surface area contributed by atoms with Gasteiger partial charge in [0.1, 0.15) is 23.5 Å². The van der Waals surface area contributed by atoms with E-state index in [1.807, 2.05) is 19.3 Å². The van der Waals surface area contributed by atoms with E-state index in [1.54, 1.807) is 6.92 Å². The Morgan fingerprint density at radius 1 is 1.23 bits per heavy atom. The summed E-state index contributed by atoms with van der Waals surface area (Å²) in [5.41, 5.74) is 2.64. The SMILES string of the molecule is CCOC(=O)c1cn2ncnc(Nc3c(F)cc(F)cc3C(=O)NOC)c2c1C(C)C. The Hall–Kier alpha value is -3.60. The normalized spacial score (nSPS) is 11.1. The number of hydrogen-bond donors (Lipinski definition) is 2. The maximum Gasteiger partial charge on any atom is 0.340 e. The van der Waals surface area contributed by atoms with Crippen LogP contribution in [0.25, 0.3) is 5.52 Å². The molecule has 0 unspecified atom stereocenters. The van der Waals surface area contributed by atoms with Crippen LogP contribution in [0.2, 0.25) is 0 Å². The topological polar surface area (TPSA) is 107 Å². The standard InChI is InChI=1S/C20H21F2N5O4/c1-5-31-20(29)13-8-27-17(15(13)10(2)3)18(23-9-24-27)25-16-12(19(28)26-30-4)6-11(21)7-14(16)22/h6-10H,5H2,1-4H3,(H,26,28)(H,23,24,25). The van der Waals surface area contributed by atoms with Crippen LogP contribution in [0.4, 0.5) is 20.3 Å². The first-order valence-electron chi connectivity index (χ1n) is 9.41. The molecule has 0 aliphatic rings. The molecule has 164 valence electrons. The number of anilines is 2. The van der Waals surface area contributed by atoms with Gasteiger partial charge in [0.05, 0.1) is 30.5 Å². The van der Waals surface area contributed by atoms with Crippen LogP contribution in [0, 0.1) is 11.6 Å². The van der Waals surface area contributed by atoms with E-state index in [2.05, 4.69) is 20.2 Å². The van der Waals surface area contributed by atoms with Crippen LogP contribution in [0.1, 0.15) is 53.0 Å². The summed E-state index contributed by atoms with van der Waals surface area (Å²) in [6.07, 6.45) is 2.69. The molecule has 0 bridgehead atoms. The zero-order valence-corrected chi connectivity index (χ0v) is 17.3. The molecule has 0 saturated heterocycles. The number of ether oxygens (including phenoxy) is 1. The van der Waals surface area contributed by atoms with Gasteiger partial charge in [-0.3, -0.25) is 9.63 Å². The number of carbonyl (C=O) groups is 2. The van der Waals surface area contributed by atoms with Gasteiger partial charge in [-0.15, -0.1) is 0 Å². The molecule has 9 nitrogen and oxygen atoms in total. The number of rotatable bonds is 7. The zero-order chi connectivity index (χ0) is 22.7. The molecule has 0 saturated carbocycles. The van der Waals surface area contributed by atoms with E-state index in [4.69, 9.17) is 4.74 Å². The lowest BCUT2D eigenvalue weighted by Gasteiger charge is -2.15. The molecule has 0 fully saturated rings. The van der Waals surface area contributed by atoms with Gasteiger partial charge in [0.2, 0.25) is 0 Å². The Morgan fingerprint density at radius 3 is 2.61 bits per heavy atom. The number of nitrogens with one attached hydrogen (secondary N) is 2. The van der Waals surface area contributed by atoms with E-state index in [9.17, 15) is 18.4 Å². The third-order valence-electron chi connectivity index (χ3n) is 4.42. The minimum atomic E-state index is -1.01. The average Bonchev–Trinajstić information content (AvgIpc) is 3.11. The van der Waals surface area contributed by atoms with Gasteiger partial charge in [-0.1, -0.05) is 13.8 Å². The zero-order valence-electron chi connectivity index (χ0n) is 17.3. The first-order valence-corrected chi connectivity index (χ1v) is 9.41. The summed E-state index contributed by atoms with van der Waals surface area (Å²) in [4.78, 5) is 33.4. The largest absolute Gasteiger partial charge is 0.462 e. The van der Waals surface area contributed by atoms with Gasteiger partial charge in [0.25, 0.3) is 5.91 Å². The highest BCUT2D eigenvalue weighted by molar-refractivity contribution is 6.01. The van der Waals surface area contributed by atoms with Crippen LogP contribution in [0.5, 0.6) is 0 Å². The number of amides is 1. The summed E-state index contributed by atoms with van der Waals surface area (Å²) in [6.45, 7) is 5.62. The van der Waals surface area contributed by atoms with Crippen molar-refractivity contribution in [1.29, 1.82) is 0 Å². The van der Waals surface area contributed by atoms with Crippen molar-refractivity contribution in [2.45, 2.75) is 26.7 Å². The number of fused-ring (bicyclic) bond motifs is 1. The number of nitrogens with zero attached hydrogens (tertiary/aromatic N) is 3. The maximum atomic E-state index is 14.6. The van der Waals surface area contributed by atoms with Crippen LogP contribution in [0.3, 0.4) is 0 Å². The molecular weight excluding hydrogens is 412 g/mol. The molecule has 3 aromatic rings. The molecule has 1 amide bonds. The molecule has 0 atom stereocenters. The van der Waals surface area contributed by atoms with Gasteiger partial charge < -0.3 is 10.1 Å². The second-order valence-electron chi connectivity index (χ2n) is 6.80. The smallest absolute Gasteiger partial charge is 0.340 e. The van der Waals surface area contributed by atoms with E-state index in [-0.39, 0.29) is 35.2 Å². The lowest BCUT2D eigenvalue weighted by Crippen LogP contribution is -2.23. The minimum absolute atomic E-state index is 0.117. The Balaban J connectivity index is 2.20. The second kappa shape index (κ2) is 9.04. The van der Waals surface area contributed by atoms with Crippen LogP contribution >= 0.6 is 0 Å². The van der Waals surface area contributed by atoms with Gasteiger partial charge in [0.15, 0.2) is 5.82 Å². The fourth-order valence-corrected chi connectivity index (χ4v) is 3.23. The van der Waals surface area contributed by atoms with E-state index in [0.717, 1.165) is 6.07 Å². The summed E-state index contributed by atoms with van der Waals surface area (Å²) in [6, 6.07) is 1.50. The van der Waals surface area contributed by atoms with Gasteiger partial charge in [-0.05, 0) is 18.9 Å². The molecule has 1 aromatic carbocycles. The van der Waals surface area contributed by atoms with E-state index in [0.29, 0.717) is 17.1 Å². The molecule has 2 N–H and O–H groups in total. The van der Waals surface area contributed by atoms with Gasteiger partial charge in [-0.2, -0.15) is 5.10 Å². The van der Waals surface area contributed by atoms with Crippen LogP contribution in [0.15, 0.2) is 24.7 Å². The molecule has 2 aromatic heterocycles. The molecule has 0 aliphatic carbocycles. The monoisotopic (exact) mass is 433 g/mol. The Morgan fingerprint density at radius 2 is 1.97 bits per heavy atom. The van der Waals surface area contributed by atoms with Crippen LogP contribution in [-0.4, -0.2) is 40.2 Å². The van der Waals surface area contributed by atoms with Crippen molar-refractivity contribution in [2.24, 2.45) is 0 Å². The summed E-state index contributed by atoms with van der Waals surface area (Å²) >= 11 is 0. The van der Waals surface area contributed by atoms with Crippen molar-refractivity contribution in [2.75, 3.05) is 19.0 Å². The third kappa shape index (κ3) is 4.31. The van der Waals surface area contributed by atoms with Crippen LogP contribution in [-0.2, 0) is 9.57 Å². The van der Waals surface area contributed by atoms with Crippen molar-refractivity contribution in [3.8, 4) is 0 Å². The number of halogens is 2. The van der Waals surface area contributed by atoms with Crippen molar-refractivity contribution in [3.63, 3.8) is 0 Å².